The lowest BCUT2D eigenvalue weighted by molar-refractivity contribution is -0.121. The number of rotatable bonds is 4. The monoisotopic (exact) mass is 197 g/mol. The molecule has 14 heavy (non-hydrogen) atoms. The van der Waals surface area contributed by atoms with Gasteiger partial charge in [-0.15, -0.1) is 0 Å². The van der Waals surface area contributed by atoms with Crippen molar-refractivity contribution in [2.24, 2.45) is 0 Å². The van der Waals surface area contributed by atoms with Crippen LogP contribution in [-0.4, -0.2) is 29.3 Å². The minimum Gasteiger partial charge on any atom is -0.300 e. The van der Waals surface area contributed by atoms with Gasteiger partial charge in [-0.3, -0.25) is 9.69 Å². The van der Waals surface area contributed by atoms with E-state index in [0.29, 0.717) is 17.9 Å². The third-order valence-electron chi connectivity index (χ3n) is 3.50. The molecule has 1 aliphatic rings. The fourth-order valence-corrected chi connectivity index (χ4v) is 2.42. The summed E-state index contributed by atoms with van der Waals surface area (Å²) in [7, 11) is 0. The van der Waals surface area contributed by atoms with Crippen LogP contribution in [0.5, 0.6) is 0 Å². The molecule has 0 N–H and O–H groups in total. The van der Waals surface area contributed by atoms with Gasteiger partial charge in [0.15, 0.2) is 0 Å². The van der Waals surface area contributed by atoms with Crippen molar-refractivity contribution >= 4 is 5.78 Å². The van der Waals surface area contributed by atoms with Gasteiger partial charge in [0.2, 0.25) is 0 Å². The third-order valence-corrected chi connectivity index (χ3v) is 3.50. The van der Waals surface area contributed by atoms with Crippen LogP contribution in [0.4, 0.5) is 0 Å². The van der Waals surface area contributed by atoms with Crippen LogP contribution in [0.2, 0.25) is 0 Å². The van der Waals surface area contributed by atoms with Gasteiger partial charge in [0, 0.05) is 24.9 Å². The first-order chi connectivity index (χ1) is 6.69. The SMILES string of the molecule is CCC(C)N(CC)C1CCC(=O)CC1. The van der Waals surface area contributed by atoms with E-state index in [9.17, 15) is 4.79 Å². The van der Waals surface area contributed by atoms with Crippen molar-refractivity contribution in [3.8, 4) is 0 Å². The number of nitrogens with zero attached hydrogens (tertiary/aromatic N) is 1. The van der Waals surface area contributed by atoms with Crippen LogP contribution < -0.4 is 0 Å². The Morgan fingerprint density at radius 1 is 1.36 bits per heavy atom. The Labute approximate surface area is 87.7 Å². The summed E-state index contributed by atoms with van der Waals surface area (Å²) in [5.74, 6) is 0.460. The van der Waals surface area contributed by atoms with Crippen LogP contribution in [0.25, 0.3) is 0 Å². The van der Waals surface area contributed by atoms with Gasteiger partial charge in [0.25, 0.3) is 0 Å². The molecule has 0 bridgehead atoms. The van der Waals surface area contributed by atoms with Crippen molar-refractivity contribution in [1.29, 1.82) is 0 Å². The summed E-state index contributed by atoms with van der Waals surface area (Å²) in [6, 6.07) is 1.32. The number of hydrogen-bond acceptors (Lipinski definition) is 2. The number of ketones is 1. The minimum absolute atomic E-state index is 0.460. The summed E-state index contributed by atoms with van der Waals surface area (Å²) in [6.07, 6.45) is 4.97. The van der Waals surface area contributed by atoms with Crippen molar-refractivity contribution in [3.63, 3.8) is 0 Å². The molecule has 1 saturated carbocycles. The molecule has 0 aromatic heterocycles. The first-order valence-corrected chi connectivity index (χ1v) is 5.96. The van der Waals surface area contributed by atoms with Gasteiger partial charge in [0.05, 0.1) is 0 Å². The zero-order valence-electron chi connectivity index (χ0n) is 9.75. The number of hydrogen-bond donors (Lipinski definition) is 0. The average Bonchev–Trinajstić information content (AvgIpc) is 2.21. The highest BCUT2D eigenvalue weighted by Crippen LogP contribution is 2.22. The van der Waals surface area contributed by atoms with E-state index >= 15 is 0 Å². The maximum absolute atomic E-state index is 11.1. The molecule has 1 unspecified atom stereocenters. The maximum Gasteiger partial charge on any atom is 0.133 e. The quantitative estimate of drug-likeness (QED) is 0.690. The first-order valence-electron chi connectivity index (χ1n) is 5.96. The van der Waals surface area contributed by atoms with E-state index in [1.165, 1.54) is 6.42 Å². The van der Waals surface area contributed by atoms with Gasteiger partial charge >= 0.3 is 0 Å². The van der Waals surface area contributed by atoms with E-state index in [1.54, 1.807) is 0 Å². The second kappa shape index (κ2) is 5.50. The predicted octanol–water partition coefficient (Wildman–Crippen LogP) is 2.62. The normalized spacial score (nSPS) is 21.6. The highest BCUT2D eigenvalue weighted by molar-refractivity contribution is 5.79. The molecular formula is C12H23NO. The molecule has 0 amide bonds. The molecule has 2 heteroatoms. The molecular weight excluding hydrogens is 174 g/mol. The van der Waals surface area contributed by atoms with Crippen LogP contribution in [0.15, 0.2) is 0 Å². The fourth-order valence-electron chi connectivity index (χ4n) is 2.42. The Balaban J connectivity index is 2.48. The smallest absolute Gasteiger partial charge is 0.133 e. The van der Waals surface area contributed by atoms with Gasteiger partial charge in [-0.05, 0) is 32.7 Å². The molecule has 1 rings (SSSR count). The molecule has 0 aliphatic heterocycles. The van der Waals surface area contributed by atoms with Gasteiger partial charge < -0.3 is 0 Å². The van der Waals surface area contributed by atoms with Crippen LogP contribution in [-0.2, 0) is 4.79 Å². The average molecular weight is 197 g/mol. The van der Waals surface area contributed by atoms with Crippen LogP contribution in [0.3, 0.4) is 0 Å². The zero-order valence-corrected chi connectivity index (χ0v) is 9.75. The van der Waals surface area contributed by atoms with Crippen LogP contribution >= 0.6 is 0 Å². The van der Waals surface area contributed by atoms with Crippen molar-refractivity contribution in [2.75, 3.05) is 6.54 Å². The molecule has 0 radical (unpaired) electrons. The minimum atomic E-state index is 0.460. The molecule has 1 atom stereocenters. The van der Waals surface area contributed by atoms with Gasteiger partial charge in [0.1, 0.15) is 5.78 Å². The second-order valence-electron chi connectivity index (χ2n) is 4.36. The molecule has 1 aliphatic carbocycles. The van der Waals surface area contributed by atoms with E-state index in [0.717, 1.165) is 32.2 Å². The standard InChI is InChI=1S/C12H23NO/c1-4-10(3)13(5-2)11-6-8-12(14)9-7-11/h10-11H,4-9H2,1-3H3. The highest BCUT2D eigenvalue weighted by Gasteiger charge is 2.25. The molecule has 0 aromatic carbocycles. The Morgan fingerprint density at radius 3 is 2.36 bits per heavy atom. The molecule has 82 valence electrons. The Bertz CT molecular complexity index is 181. The Kier molecular flexibility index (Phi) is 4.59. The summed E-state index contributed by atoms with van der Waals surface area (Å²) in [5, 5.41) is 0. The largest absolute Gasteiger partial charge is 0.300 e. The van der Waals surface area contributed by atoms with E-state index < -0.39 is 0 Å². The summed E-state index contributed by atoms with van der Waals surface area (Å²) in [5.41, 5.74) is 0. The Morgan fingerprint density at radius 2 is 1.93 bits per heavy atom. The summed E-state index contributed by atoms with van der Waals surface area (Å²) in [6.45, 7) is 7.87. The lowest BCUT2D eigenvalue weighted by atomic mass is 9.92. The Hall–Kier alpha value is -0.370. The lowest BCUT2D eigenvalue weighted by Gasteiger charge is -2.37. The number of Topliss-reactive ketones (excluding diaryl/α,β-unsaturated/α-hetero) is 1. The van der Waals surface area contributed by atoms with E-state index in [2.05, 4.69) is 25.7 Å². The molecule has 1 fully saturated rings. The molecule has 0 saturated heterocycles. The second-order valence-corrected chi connectivity index (χ2v) is 4.36. The summed E-state index contributed by atoms with van der Waals surface area (Å²) < 4.78 is 0. The maximum atomic E-state index is 11.1. The number of carbonyl (C=O) groups excluding carboxylic acids is 1. The summed E-state index contributed by atoms with van der Waals surface area (Å²) in [4.78, 5) is 13.7. The fraction of sp³-hybridized carbons (Fsp3) is 0.917. The topological polar surface area (TPSA) is 20.3 Å². The van der Waals surface area contributed by atoms with Gasteiger partial charge in [-0.2, -0.15) is 0 Å². The van der Waals surface area contributed by atoms with Gasteiger partial charge in [-0.25, -0.2) is 0 Å². The van der Waals surface area contributed by atoms with E-state index in [1.807, 2.05) is 0 Å². The van der Waals surface area contributed by atoms with Crippen LogP contribution in [0.1, 0.15) is 52.9 Å². The van der Waals surface area contributed by atoms with Crippen molar-refractivity contribution in [1.82, 2.24) is 4.90 Å². The first kappa shape index (κ1) is 11.7. The van der Waals surface area contributed by atoms with E-state index in [-0.39, 0.29) is 0 Å². The van der Waals surface area contributed by atoms with Gasteiger partial charge in [-0.1, -0.05) is 13.8 Å². The third kappa shape index (κ3) is 2.81. The zero-order chi connectivity index (χ0) is 10.6. The lowest BCUT2D eigenvalue weighted by Crippen LogP contribution is -2.43. The molecule has 2 nitrogen and oxygen atoms in total. The van der Waals surface area contributed by atoms with Crippen LogP contribution in [0, 0.1) is 0 Å². The van der Waals surface area contributed by atoms with Crippen molar-refractivity contribution < 1.29 is 4.79 Å². The molecule has 0 heterocycles. The molecule has 0 aromatic rings. The predicted molar refractivity (Wildman–Crippen MR) is 59.4 cm³/mol. The van der Waals surface area contributed by atoms with Crippen molar-refractivity contribution in [2.45, 2.75) is 65.0 Å². The van der Waals surface area contributed by atoms with Crippen molar-refractivity contribution in [3.05, 3.63) is 0 Å². The number of carbonyl (C=O) groups is 1. The molecule has 0 spiro atoms. The van der Waals surface area contributed by atoms with E-state index in [4.69, 9.17) is 0 Å². The summed E-state index contributed by atoms with van der Waals surface area (Å²) >= 11 is 0. The highest BCUT2D eigenvalue weighted by atomic mass is 16.1.